The minimum absolute atomic E-state index is 0.247. The Morgan fingerprint density at radius 1 is 1.36 bits per heavy atom. The van der Waals surface area contributed by atoms with Gasteiger partial charge in [0.2, 0.25) is 6.54 Å². The van der Waals surface area contributed by atoms with Gasteiger partial charge >= 0.3 is 6.09 Å². The summed E-state index contributed by atoms with van der Waals surface area (Å²) in [5, 5.41) is 10.6. The SMILES string of the molecule is CC(C)(C)OC(=O)Nc1cc2c3c(c1)[N+](=O)CC3=CN=NC2. The first-order valence-corrected chi connectivity index (χ1v) is 7.01. The van der Waals surface area contributed by atoms with Gasteiger partial charge in [-0.1, -0.05) is 0 Å². The molecule has 2 heterocycles. The van der Waals surface area contributed by atoms with Crippen LogP contribution in [0.15, 0.2) is 28.6 Å². The fourth-order valence-corrected chi connectivity index (χ4v) is 2.52. The lowest BCUT2D eigenvalue weighted by Crippen LogP contribution is -2.27. The van der Waals surface area contributed by atoms with Crippen LogP contribution in [0.25, 0.3) is 5.57 Å². The zero-order valence-corrected chi connectivity index (χ0v) is 12.7. The normalized spacial score (nSPS) is 16.0. The fraction of sp³-hybridized carbons (Fsp3) is 0.400. The van der Waals surface area contributed by atoms with Crippen molar-refractivity contribution in [3.05, 3.63) is 34.4 Å². The molecule has 0 spiro atoms. The molecule has 3 rings (SSSR count). The molecule has 2 aliphatic heterocycles. The Kier molecular flexibility index (Phi) is 3.27. The number of benzene rings is 1. The molecule has 7 nitrogen and oxygen atoms in total. The van der Waals surface area contributed by atoms with E-state index in [4.69, 9.17) is 4.74 Å². The van der Waals surface area contributed by atoms with Crippen molar-refractivity contribution in [2.75, 3.05) is 11.9 Å². The number of amides is 1. The lowest BCUT2D eigenvalue weighted by molar-refractivity contribution is -0.441. The molecule has 0 bridgehead atoms. The van der Waals surface area contributed by atoms with Crippen LogP contribution in [0.1, 0.15) is 31.9 Å². The van der Waals surface area contributed by atoms with Crippen LogP contribution in [-0.4, -0.2) is 23.0 Å². The topological polar surface area (TPSA) is 83.1 Å². The van der Waals surface area contributed by atoms with Crippen molar-refractivity contribution in [3.63, 3.8) is 0 Å². The lowest BCUT2D eigenvalue weighted by Gasteiger charge is -2.19. The minimum Gasteiger partial charge on any atom is -0.444 e. The summed E-state index contributed by atoms with van der Waals surface area (Å²) < 4.78 is 6.12. The Morgan fingerprint density at radius 2 is 2.14 bits per heavy atom. The molecule has 1 N–H and O–H groups in total. The average Bonchev–Trinajstić information content (AvgIpc) is 2.57. The Labute approximate surface area is 127 Å². The largest absolute Gasteiger partial charge is 0.444 e. The molecule has 0 unspecified atom stereocenters. The summed E-state index contributed by atoms with van der Waals surface area (Å²) in [6.45, 7) is 6.00. The first-order valence-electron chi connectivity index (χ1n) is 7.01. The average molecular weight is 301 g/mol. The molecule has 22 heavy (non-hydrogen) atoms. The quantitative estimate of drug-likeness (QED) is 0.801. The van der Waals surface area contributed by atoms with Crippen LogP contribution in [0.5, 0.6) is 0 Å². The van der Waals surface area contributed by atoms with Gasteiger partial charge in [0.05, 0.1) is 29.6 Å². The van der Waals surface area contributed by atoms with E-state index < -0.39 is 11.7 Å². The number of nitroso groups, excluding NO2 is 1. The molecule has 1 aromatic carbocycles. The highest BCUT2D eigenvalue weighted by atomic mass is 16.6. The van der Waals surface area contributed by atoms with Crippen LogP contribution >= 0.6 is 0 Å². The molecule has 114 valence electrons. The second-order valence-corrected chi connectivity index (χ2v) is 6.26. The van der Waals surface area contributed by atoms with E-state index in [-0.39, 0.29) is 6.54 Å². The standard InChI is InChI=1S/C15H16N4O3/c1-15(2,3)22-14(20)18-11-4-9-6-16-17-7-10-8-19(21)12(5-11)13(9)10/h4-5,7H,6,8H2,1-3H3/p+1. The Hall–Kier alpha value is -2.57. The van der Waals surface area contributed by atoms with Crippen molar-refractivity contribution in [2.24, 2.45) is 10.2 Å². The number of ether oxygens (including phenoxy) is 1. The first-order chi connectivity index (χ1) is 10.3. The molecule has 0 aromatic heterocycles. The summed E-state index contributed by atoms with van der Waals surface area (Å²) in [6, 6.07) is 3.46. The van der Waals surface area contributed by atoms with Gasteiger partial charge in [-0.15, -0.1) is 0 Å². The molecule has 0 aliphatic carbocycles. The molecular weight excluding hydrogens is 284 g/mol. The van der Waals surface area contributed by atoms with E-state index in [1.165, 1.54) is 0 Å². The van der Waals surface area contributed by atoms with Crippen molar-refractivity contribution < 1.29 is 14.3 Å². The fourth-order valence-electron chi connectivity index (χ4n) is 2.52. The van der Waals surface area contributed by atoms with E-state index in [0.717, 1.165) is 21.5 Å². The van der Waals surface area contributed by atoms with E-state index in [9.17, 15) is 9.70 Å². The van der Waals surface area contributed by atoms with Crippen molar-refractivity contribution in [1.29, 1.82) is 0 Å². The van der Waals surface area contributed by atoms with E-state index in [0.29, 0.717) is 17.9 Å². The second-order valence-electron chi connectivity index (χ2n) is 6.26. The van der Waals surface area contributed by atoms with Gasteiger partial charge in [0.1, 0.15) is 5.60 Å². The van der Waals surface area contributed by atoms with Crippen LogP contribution < -0.4 is 5.32 Å². The summed E-state index contributed by atoms with van der Waals surface area (Å²) in [5.74, 6) is 0. The molecule has 0 radical (unpaired) electrons. The Balaban J connectivity index is 1.93. The maximum Gasteiger partial charge on any atom is 0.412 e. The van der Waals surface area contributed by atoms with Crippen LogP contribution in [-0.2, 0) is 11.3 Å². The van der Waals surface area contributed by atoms with Crippen molar-refractivity contribution in [3.8, 4) is 0 Å². The van der Waals surface area contributed by atoms with Crippen LogP contribution in [0, 0.1) is 4.91 Å². The summed E-state index contributed by atoms with van der Waals surface area (Å²) in [6.07, 6.45) is 1.06. The first kappa shape index (κ1) is 14.4. The number of nitrogens with one attached hydrogen (secondary N) is 1. The molecule has 2 aliphatic rings. The van der Waals surface area contributed by atoms with Crippen molar-refractivity contribution in [2.45, 2.75) is 32.9 Å². The zero-order chi connectivity index (χ0) is 15.9. The van der Waals surface area contributed by atoms with Crippen LogP contribution in [0.2, 0.25) is 0 Å². The Morgan fingerprint density at radius 3 is 2.86 bits per heavy atom. The number of rotatable bonds is 1. The number of carbonyl (C=O) groups is 1. The van der Waals surface area contributed by atoms with Gasteiger partial charge in [0.15, 0.2) is 0 Å². The molecule has 0 fully saturated rings. The summed E-state index contributed by atoms with van der Waals surface area (Å²) in [4.78, 5) is 23.9. The number of anilines is 1. The third kappa shape index (κ3) is 2.74. The summed E-state index contributed by atoms with van der Waals surface area (Å²) >= 11 is 0. The number of nitrogens with zero attached hydrogens (tertiary/aromatic N) is 3. The molecule has 7 heteroatoms. The molecule has 1 amide bonds. The van der Waals surface area contributed by atoms with Crippen molar-refractivity contribution >= 4 is 23.0 Å². The van der Waals surface area contributed by atoms with E-state index in [1.807, 2.05) is 0 Å². The minimum atomic E-state index is -0.582. The van der Waals surface area contributed by atoms with Gasteiger partial charge in [-0.25, -0.2) is 4.79 Å². The van der Waals surface area contributed by atoms with Crippen LogP contribution in [0.3, 0.4) is 0 Å². The maximum atomic E-state index is 12.1. The van der Waals surface area contributed by atoms with E-state index >= 15 is 0 Å². The van der Waals surface area contributed by atoms with Gasteiger partial charge in [-0.05, 0) is 32.4 Å². The smallest absolute Gasteiger partial charge is 0.412 e. The van der Waals surface area contributed by atoms with E-state index in [1.54, 1.807) is 39.1 Å². The van der Waals surface area contributed by atoms with Gasteiger partial charge < -0.3 is 4.74 Å². The Bertz CT molecular complexity index is 729. The lowest BCUT2D eigenvalue weighted by atomic mass is 10.0. The van der Waals surface area contributed by atoms with Crippen molar-refractivity contribution in [1.82, 2.24) is 0 Å². The summed E-state index contributed by atoms with van der Waals surface area (Å²) in [5.41, 5.74) is 3.06. The number of hydrogen-bond donors (Lipinski definition) is 1. The molecule has 1 aromatic rings. The molecule has 0 saturated carbocycles. The highest BCUT2D eigenvalue weighted by molar-refractivity contribution is 5.88. The monoisotopic (exact) mass is 301 g/mol. The van der Waals surface area contributed by atoms with Gasteiger partial charge in [-0.3, -0.25) is 5.32 Å². The third-order valence-electron chi connectivity index (χ3n) is 3.28. The number of hydrogen-bond acceptors (Lipinski definition) is 5. The predicted octanol–water partition coefficient (Wildman–Crippen LogP) is 3.76. The highest BCUT2D eigenvalue weighted by Gasteiger charge is 2.36. The van der Waals surface area contributed by atoms with Crippen LogP contribution in [0.4, 0.5) is 16.2 Å². The van der Waals surface area contributed by atoms with Gasteiger partial charge in [-0.2, -0.15) is 10.2 Å². The molecular formula is C15H17N4O3+. The summed E-state index contributed by atoms with van der Waals surface area (Å²) in [7, 11) is 0. The zero-order valence-electron chi connectivity index (χ0n) is 12.7. The van der Waals surface area contributed by atoms with Gasteiger partial charge in [0, 0.05) is 15.7 Å². The highest BCUT2D eigenvalue weighted by Crippen LogP contribution is 2.40. The third-order valence-corrected chi connectivity index (χ3v) is 3.28. The van der Waals surface area contributed by atoms with Gasteiger partial charge in [0.25, 0.3) is 5.69 Å². The number of azo groups is 1. The molecule has 0 saturated heterocycles. The molecule has 0 atom stereocenters. The van der Waals surface area contributed by atoms with E-state index in [2.05, 4.69) is 15.5 Å². The predicted molar refractivity (Wildman–Crippen MR) is 81.0 cm³/mol. The second kappa shape index (κ2) is 5.01. The maximum absolute atomic E-state index is 12.1. The number of carbonyl (C=O) groups excluding carboxylic acids is 1.